The molecule has 0 radical (unpaired) electrons. The minimum atomic E-state index is -0.200. The summed E-state index contributed by atoms with van der Waals surface area (Å²) in [5.74, 6) is 0.674. The van der Waals surface area contributed by atoms with Crippen molar-refractivity contribution in [2.24, 2.45) is 5.92 Å². The molecular weight excluding hydrogens is 432 g/mol. The number of carbonyl (C=O) groups excluding carboxylic acids is 3. The molecule has 2 aliphatic rings. The third-order valence-electron chi connectivity index (χ3n) is 6.52. The average molecular weight is 465 g/mol. The van der Waals surface area contributed by atoms with E-state index in [0.717, 1.165) is 29.8 Å². The van der Waals surface area contributed by atoms with Gasteiger partial charge in [-0.15, -0.1) is 0 Å². The molecule has 0 saturated carbocycles. The lowest BCUT2D eigenvalue weighted by Gasteiger charge is -2.39. The van der Waals surface area contributed by atoms with Crippen LogP contribution in [0.4, 0.5) is 10.5 Å². The van der Waals surface area contributed by atoms with E-state index >= 15 is 0 Å². The van der Waals surface area contributed by atoms with Crippen molar-refractivity contribution in [2.75, 3.05) is 51.7 Å². The minimum Gasteiger partial charge on any atom is -0.497 e. The molecule has 0 aliphatic carbocycles. The molecule has 2 fully saturated rings. The Morgan fingerprint density at radius 2 is 1.65 bits per heavy atom. The first-order chi connectivity index (χ1) is 16.5. The van der Waals surface area contributed by atoms with Crippen LogP contribution >= 0.6 is 0 Å². The maximum atomic E-state index is 13.2. The zero-order valence-electron chi connectivity index (χ0n) is 19.6. The molecule has 2 aromatic carbocycles. The van der Waals surface area contributed by atoms with Crippen LogP contribution in [0.5, 0.6) is 5.75 Å². The predicted molar refractivity (Wildman–Crippen MR) is 130 cm³/mol. The van der Waals surface area contributed by atoms with Crippen LogP contribution in [0, 0.1) is 5.92 Å². The molecule has 8 nitrogen and oxygen atoms in total. The second-order valence-corrected chi connectivity index (χ2v) is 8.82. The topological polar surface area (TPSA) is 82.2 Å². The predicted octanol–water partition coefficient (Wildman–Crippen LogP) is 2.85. The van der Waals surface area contributed by atoms with Crippen molar-refractivity contribution in [1.82, 2.24) is 14.7 Å². The molecule has 1 atom stereocenters. The number of para-hydroxylation sites is 1. The van der Waals surface area contributed by atoms with E-state index < -0.39 is 0 Å². The Kier molecular flexibility index (Phi) is 7.67. The molecule has 0 aromatic heterocycles. The van der Waals surface area contributed by atoms with Crippen LogP contribution in [-0.2, 0) is 16.0 Å². The highest BCUT2D eigenvalue weighted by atomic mass is 16.5. The Hall–Kier alpha value is -3.55. The standard InChI is InChI=1S/C26H32N4O4/c1-34-23-11-5-7-20(17-23)18-24(31)28-13-15-29(16-14-28)25(32)21-8-6-12-30(19-21)26(33)27-22-9-3-2-4-10-22/h2-5,7,9-11,17,21H,6,8,12-16,18-19H2,1H3,(H,27,33). The molecule has 2 aromatic rings. The van der Waals surface area contributed by atoms with Crippen molar-refractivity contribution in [3.05, 3.63) is 60.2 Å². The van der Waals surface area contributed by atoms with Crippen LogP contribution in [0.3, 0.4) is 0 Å². The van der Waals surface area contributed by atoms with Gasteiger partial charge in [0.2, 0.25) is 11.8 Å². The fourth-order valence-electron chi connectivity index (χ4n) is 4.59. The lowest BCUT2D eigenvalue weighted by atomic mass is 9.96. The van der Waals surface area contributed by atoms with Crippen molar-refractivity contribution in [3.63, 3.8) is 0 Å². The van der Waals surface area contributed by atoms with E-state index in [1.54, 1.807) is 12.0 Å². The van der Waals surface area contributed by atoms with Gasteiger partial charge in [-0.1, -0.05) is 30.3 Å². The van der Waals surface area contributed by atoms with Crippen LogP contribution < -0.4 is 10.1 Å². The van der Waals surface area contributed by atoms with Gasteiger partial charge in [-0.3, -0.25) is 9.59 Å². The second-order valence-electron chi connectivity index (χ2n) is 8.82. The molecule has 34 heavy (non-hydrogen) atoms. The molecule has 4 amide bonds. The molecule has 2 heterocycles. The number of hydrogen-bond acceptors (Lipinski definition) is 4. The largest absolute Gasteiger partial charge is 0.497 e. The smallest absolute Gasteiger partial charge is 0.321 e. The highest BCUT2D eigenvalue weighted by Gasteiger charge is 2.33. The molecule has 1 unspecified atom stereocenters. The van der Waals surface area contributed by atoms with Gasteiger partial charge in [0, 0.05) is 45.0 Å². The van der Waals surface area contributed by atoms with E-state index in [-0.39, 0.29) is 23.8 Å². The Morgan fingerprint density at radius 1 is 0.912 bits per heavy atom. The maximum absolute atomic E-state index is 13.2. The summed E-state index contributed by atoms with van der Waals surface area (Å²) in [5, 5.41) is 2.91. The monoisotopic (exact) mass is 464 g/mol. The maximum Gasteiger partial charge on any atom is 0.321 e. The van der Waals surface area contributed by atoms with E-state index in [0.29, 0.717) is 45.7 Å². The van der Waals surface area contributed by atoms with Crippen LogP contribution in [0.25, 0.3) is 0 Å². The number of rotatable bonds is 5. The van der Waals surface area contributed by atoms with Gasteiger partial charge in [-0.05, 0) is 42.7 Å². The SMILES string of the molecule is COc1cccc(CC(=O)N2CCN(C(=O)C3CCCN(C(=O)Nc4ccccc4)C3)CC2)c1. The molecular formula is C26H32N4O4. The van der Waals surface area contributed by atoms with Crippen LogP contribution in [-0.4, -0.2) is 78.9 Å². The zero-order valence-corrected chi connectivity index (χ0v) is 19.6. The fraction of sp³-hybridized carbons (Fsp3) is 0.423. The van der Waals surface area contributed by atoms with Crippen LogP contribution in [0.2, 0.25) is 0 Å². The van der Waals surface area contributed by atoms with Gasteiger partial charge >= 0.3 is 6.03 Å². The molecule has 4 rings (SSSR count). The number of likely N-dealkylation sites (tertiary alicyclic amines) is 1. The Bertz CT molecular complexity index is 1000. The quantitative estimate of drug-likeness (QED) is 0.738. The molecule has 2 aliphatic heterocycles. The van der Waals surface area contributed by atoms with Crippen molar-refractivity contribution in [2.45, 2.75) is 19.3 Å². The van der Waals surface area contributed by atoms with E-state index in [1.807, 2.05) is 64.4 Å². The van der Waals surface area contributed by atoms with Crippen molar-refractivity contribution >= 4 is 23.5 Å². The summed E-state index contributed by atoms with van der Waals surface area (Å²) in [6.45, 7) is 3.17. The van der Waals surface area contributed by atoms with Gasteiger partial charge in [0.15, 0.2) is 0 Å². The Labute approximate surface area is 200 Å². The first kappa shape index (κ1) is 23.6. The number of amides is 4. The minimum absolute atomic E-state index is 0.0572. The number of nitrogens with one attached hydrogen (secondary N) is 1. The van der Waals surface area contributed by atoms with Gasteiger partial charge in [0.1, 0.15) is 5.75 Å². The number of methoxy groups -OCH3 is 1. The normalized spacial score (nSPS) is 18.4. The average Bonchev–Trinajstić information content (AvgIpc) is 2.89. The number of ether oxygens (including phenoxy) is 1. The summed E-state index contributed by atoms with van der Waals surface area (Å²) in [5.41, 5.74) is 1.66. The summed E-state index contributed by atoms with van der Waals surface area (Å²) in [4.78, 5) is 44.0. The zero-order chi connectivity index (χ0) is 23.9. The van der Waals surface area contributed by atoms with E-state index in [9.17, 15) is 14.4 Å². The number of urea groups is 1. The lowest BCUT2D eigenvalue weighted by Crippen LogP contribution is -2.54. The molecule has 0 bridgehead atoms. The number of carbonyl (C=O) groups is 3. The highest BCUT2D eigenvalue weighted by molar-refractivity contribution is 5.90. The summed E-state index contributed by atoms with van der Waals surface area (Å²) in [6.07, 6.45) is 1.90. The molecule has 180 valence electrons. The number of nitrogens with zero attached hydrogens (tertiary/aromatic N) is 3. The van der Waals surface area contributed by atoms with Crippen LogP contribution in [0.15, 0.2) is 54.6 Å². The Morgan fingerprint density at radius 3 is 2.38 bits per heavy atom. The summed E-state index contributed by atoms with van der Waals surface area (Å²) in [6, 6.07) is 16.7. The molecule has 2 saturated heterocycles. The van der Waals surface area contributed by atoms with Gasteiger partial charge < -0.3 is 24.8 Å². The third kappa shape index (κ3) is 5.87. The van der Waals surface area contributed by atoms with Gasteiger partial charge in [-0.2, -0.15) is 0 Å². The highest BCUT2D eigenvalue weighted by Crippen LogP contribution is 2.21. The first-order valence-electron chi connectivity index (χ1n) is 11.8. The van der Waals surface area contributed by atoms with E-state index in [4.69, 9.17) is 4.74 Å². The van der Waals surface area contributed by atoms with Crippen LogP contribution in [0.1, 0.15) is 18.4 Å². The number of anilines is 1. The van der Waals surface area contributed by atoms with Crippen molar-refractivity contribution in [1.29, 1.82) is 0 Å². The number of piperidine rings is 1. The number of benzene rings is 2. The first-order valence-corrected chi connectivity index (χ1v) is 11.8. The molecule has 0 spiro atoms. The number of piperazine rings is 1. The third-order valence-corrected chi connectivity index (χ3v) is 6.52. The van der Waals surface area contributed by atoms with Gasteiger partial charge in [-0.25, -0.2) is 4.79 Å². The summed E-state index contributed by atoms with van der Waals surface area (Å²) in [7, 11) is 1.61. The van der Waals surface area contributed by atoms with Crippen molar-refractivity contribution < 1.29 is 19.1 Å². The van der Waals surface area contributed by atoms with E-state index in [1.165, 1.54) is 0 Å². The second kappa shape index (κ2) is 11.0. The van der Waals surface area contributed by atoms with E-state index in [2.05, 4.69) is 5.32 Å². The van der Waals surface area contributed by atoms with Gasteiger partial charge in [0.25, 0.3) is 0 Å². The fourth-order valence-corrected chi connectivity index (χ4v) is 4.59. The molecule has 1 N–H and O–H groups in total. The molecule has 8 heteroatoms. The van der Waals surface area contributed by atoms with Crippen molar-refractivity contribution in [3.8, 4) is 5.75 Å². The number of hydrogen-bond donors (Lipinski definition) is 1. The Balaban J connectivity index is 1.26. The lowest BCUT2D eigenvalue weighted by molar-refractivity contribution is -0.142. The summed E-state index contributed by atoms with van der Waals surface area (Å²) < 4.78 is 5.23. The van der Waals surface area contributed by atoms with Gasteiger partial charge in [0.05, 0.1) is 19.4 Å². The summed E-state index contributed by atoms with van der Waals surface area (Å²) >= 11 is 0.